The molecule has 0 amide bonds. The molecule has 1 atom stereocenters. The monoisotopic (exact) mass is 233 g/mol. The van der Waals surface area contributed by atoms with Crippen molar-refractivity contribution in [1.82, 2.24) is 5.32 Å². The second-order valence-corrected chi connectivity index (χ2v) is 5.70. The summed E-state index contributed by atoms with van der Waals surface area (Å²) in [5, 5.41) is 3.73. The summed E-state index contributed by atoms with van der Waals surface area (Å²) >= 11 is 0. The van der Waals surface area contributed by atoms with Gasteiger partial charge in [0.15, 0.2) is 0 Å². The molecule has 1 unspecified atom stereocenters. The van der Waals surface area contributed by atoms with Gasteiger partial charge in [0, 0.05) is 11.6 Å². The summed E-state index contributed by atoms with van der Waals surface area (Å²) in [7, 11) is 0. The molecule has 1 heteroatoms. The predicted molar refractivity (Wildman–Crippen MR) is 76.3 cm³/mol. The Hall–Kier alpha value is -0.820. The molecule has 0 bridgehead atoms. The fraction of sp³-hybridized carbons (Fsp3) is 0.625. The highest BCUT2D eigenvalue weighted by Gasteiger charge is 2.19. The van der Waals surface area contributed by atoms with Crippen molar-refractivity contribution in [2.75, 3.05) is 0 Å². The minimum absolute atomic E-state index is 0.227. The summed E-state index contributed by atoms with van der Waals surface area (Å²) < 4.78 is 0. The lowest BCUT2D eigenvalue weighted by molar-refractivity contribution is 0.314. The molecule has 1 rings (SSSR count). The summed E-state index contributed by atoms with van der Waals surface area (Å²) in [6, 6.07) is 11.4. The van der Waals surface area contributed by atoms with E-state index in [9.17, 15) is 0 Å². The normalized spacial score (nSPS) is 13.6. The molecule has 17 heavy (non-hydrogen) atoms. The molecule has 0 saturated heterocycles. The number of hydrogen-bond donors (Lipinski definition) is 1. The van der Waals surface area contributed by atoms with Crippen LogP contribution >= 0.6 is 0 Å². The van der Waals surface area contributed by atoms with E-state index >= 15 is 0 Å². The fourth-order valence-electron chi connectivity index (χ4n) is 2.35. The number of rotatable bonds is 7. The van der Waals surface area contributed by atoms with E-state index < -0.39 is 0 Å². The van der Waals surface area contributed by atoms with Crippen LogP contribution in [0.15, 0.2) is 30.3 Å². The maximum absolute atomic E-state index is 3.73. The van der Waals surface area contributed by atoms with Gasteiger partial charge >= 0.3 is 0 Å². The zero-order valence-electron chi connectivity index (χ0n) is 11.8. The van der Waals surface area contributed by atoms with Crippen LogP contribution in [0.2, 0.25) is 0 Å². The lowest BCUT2D eigenvalue weighted by Crippen LogP contribution is -2.44. The highest BCUT2D eigenvalue weighted by atomic mass is 15.0. The lowest BCUT2D eigenvalue weighted by Gasteiger charge is -2.30. The number of hydrogen-bond acceptors (Lipinski definition) is 1. The van der Waals surface area contributed by atoms with Gasteiger partial charge in [0.1, 0.15) is 0 Å². The Balaban J connectivity index is 2.39. The van der Waals surface area contributed by atoms with Crippen LogP contribution in [0.5, 0.6) is 0 Å². The smallest absolute Gasteiger partial charge is 0.0130 e. The predicted octanol–water partition coefficient (Wildman–Crippen LogP) is 4.18. The fourth-order valence-corrected chi connectivity index (χ4v) is 2.35. The average molecular weight is 233 g/mol. The van der Waals surface area contributed by atoms with Crippen LogP contribution in [0.1, 0.15) is 52.5 Å². The molecule has 0 fully saturated rings. The lowest BCUT2D eigenvalue weighted by atomic mass is 9.94. The first-order chi connectivity index (χ1) is 8.03. The van der Waals surface area contributed by atoms with Crippen LogP contribution in [-0.4, -0.2) is 11.6 Å². The molecule has 0 radical (unpaired) electrons. The standard InChI is InChI=1S/C16H27N/c1-5-9-14(2)17-16(3,4)13-12-15-10-7-6-8-11-15/h6-8,10-11,14,17H,5,9,12-13H2,1-4H3. The third kappa shape index (κ3) is 5.88. The number of nitrogens with one attached hydrogen (secondary N) is 1. The Morgan fingerprint density at radius 2 is 1.82 bits per heavy atom. The molecule has 1 aromatic rings. The molecule has 1 N–H and O–H groups in total. The molecule has 1 nitrogen and oxygen atoms in total. The summed E-state index contributed by atoms with van der Waals surface area (Å²) in [6.07, 6.45) is 4.85. The Labute approximate surface area is 107 Å². The summed E-state index contributed by atoms with van der Waals surface area (Å²) in [5.74, 6) is 0. The van der Waals surface area contributed by atoms with E-state index in [-0.39, 0.29) is 5.54 Å². The van der Waals surface area contributed by atoms with Crippen LogP contribution in [0.25, 0.3) is 0 Å². The van der Waals surface area contributed by atoms with Crippen molar-refractivity contribution in [1.29, 1.82) is 0 Å². The minimum atomic E-state index is 0.227. The van der Waals surface area contributed by atoms with Crippen LogP contribution in [0.4, 0.5) is 0 Å². The highest BCUT2D eigenvalue weighted by Crippen LogP contribution is 2.15. The van der Waals surface area contributed by atoms with Crippen molar-refractivity contribution in [3.05, 3.63) is 35.9 Å². The second kappa shape index (κ2) is 6.80. The van der Waals surface area contributed by atoms with Gasteiger partial charge in [0.05, 0.1) is 0 Å². The Morgan fingerprint density at radius 1 is 1.18 bits per heavy atom. The van der Waals surface area contributed by atoms with Gasteiger partial charge in [-0.15, -0.1) is 0 Å². The van der Waals surface area contributed by atoms with Crippen LogP contribution in [-0.2, 0) is 6.42 Å². The third-order valence-electron chi connectivity index (χ3n) is 3.24. The van der Waals surface area contributed by atoms with Crippen LogP contribution in [0, 0.1) is 0 Å². The SMILES string of the molecule is CCCC(C)NC(C)(C)CCc1ccccc1. The van der Waals surface area contributed by atoms with Gasteiger partial charge in [-0.25, -0.2) is 0 Å². The number of aryl methyl sites for hydroxylation is 1. The molecule has 96 valence electrons. The van der Waals surface area contributed by atoms with E-state index in [1.807, 2.05) is 0 Å². The Morgan fingerprint density at radius 3 is 2.41 bits per heavy atom. The van der Waals surface area contributed by atoms with Gasteiger partial charge in [0.25, 0.3) is 0 Å². The van der Waals surface area contributed by atoms with Crippen molar-refractivity contribution in [3.8, 4) is 0 Å². The molecule has 0 saturated carbocycles. The van der Waals surface area contributed by atoms with E-state index in [4.69, 9.17) is 0 Å². The molecule has 0 spiro atoms. The maximum Gasteiger partial charge on any atom is 0.0130 e. The van der Waals surface area contributed by atoms with Crippen molar-refractivity contribution in [2.24, 2.45) is 0 Å². The molecule has 0 heterocycles. The Kier molecular flexibility index (Phi) is 5.70. The first-order valence-electron chi connectivity index (χ1n) is 6.85. The van der Waals surface area contributed by atoms with E-state index in [0.717, 1.165) is 6.42 Å². The van der Waals surface area contributed by atoms with Gasteiger partial charge in [-0.05, 0) is 45.6 Å². The van der Waals surface area contributed by atoms with Gasteiger partial charge < -0.3 is 5.32 Å². The van der Waals surface area contributed by atoms with E-state index in [1.54, 1.807) is 0 Å². The Bertz CT molecular complexity index is 303. The van der Waals surface area contributed by atoms with Gasteiger partial charge in [-0.3, -0.25) is 0 Å². The van der Waals surface area contributed by atoms with E-state index in [1.165, 1.54) is 24.8 Å². The van der Waals surface area contributed by atoms with E-state index in [2.05, 4.69) is 63.3 Å². The minimum Gasteiger partial charge on any atom is -0.309 e. The second-order valence-electron chi connectivity index (χ2n) is 5.70. The van der Waals surface area contributed by atoms with Gasteiger partial charge in [-0.1, -0.05) is 43.7 Å². The van der Waals surface area contributed by atoms with Gasteiger partial charge in [0.2, 0.25) is 0 Å². The van der Waals surface area contributed by atoms with Gasteiger partial charge in [-0.2, -0.15) is 0 Å². The topological polar surface area (TPSA) is 12.0 Å². The number of benzene rings is 1. The summed E-state index contributed by atoms with van der Waals surface area (Å²) in [5.41, 5.74) is 1.66. The molecule has 1 aromatic carbocycles. The highest BCUT2D eigenvalue weighted by molar-refractivity contribution is 5.15. The zero-order chi connectivity index (χ0) is 12.7. The zero-order valence-corrected chi connectivity index (χ0v) is 11.8. The molecule has 0 aliphatic carbocycles. The van der Waals surface area contributed by atoms with Crippen molar-refractivity contribution >= 4 is 0 Å². The van der Waals surface area contributed by atoms with Crippen molar-refractivity contribution in [3.63, 3.8) is 0 Å². The first-order valence-corrected chi connectivity index (χ1v) is 6.85. The maximum atomic E-state index is 3.73. The summed E-state index contributed by atoms with van der Waals surface area (Å²) in [4.78, 5) is 0. The third-order valence-corrected chi connectivity index (χ3v) is 3.24. The van der Waals surface area contributed by atoms with Crippen LogP contribution in [0.3, 0.4) is 0 Å². The molecule has 0 aromatic heterocycles. The van der Waals surface area contributed by atoms with Crippen molar-refractivity contribution < 1.29 is 0 Å². The molecular formula is C16H27N. The summed E-state index contributed by atoms with van der Waals surface area (Å²) in [6.45, 7) is 9.15. The largest absolute Gasteiger partial charge is 0.309 e. The average Bonchev–Trinajstić information content (AvgIpc) is 2.27. The molecular weight excluding hydrogens is 206 g/mol. The quantitative estimate of drug-likeness (QED) is 0.745. The first kappa shape index (κ1) is 14.2. The molecule has 0 aliphatic rings. The van der Waals surface area contributed by atoms with E-state index in [0.29, 0.717) is 6.04 Å². The van der Waals surface area contributed by atoms with Crippen LogP contribution < -0.4 is 5.32 Å². The molecule has 0 aliphatic heterocycles. The van der Waals surface area contributed by atoms with Crippen molar-refractivity contribution in [2.45, 2.75) is 65.0 Å².